The summed E-state index contributed by atoms with van der Waals surface area (Å²) in [6, 6.07) is 8.05. The number of nitrogens with zero attached hydrogens (tertiary/aromatic N) is 1. The van der Waals surface area contributed by atoms with Crippen molar-refractivity contribution in [3.63, 3.8) is 0 Å². The molecule has 0 amide bonds. The van der Waals surface area contributed by atoms with Gasteiger partial charge in [0.15, 0.2) is 5.41 Å². The lowest BCUT2D eigenvalue weighted by atomic mass is 9.75. The normalized spacial score (nSPS) is 19.3. The zero-order chi connectivity index (χ0) is 24.5. The average Bonchev–Trinajstić information content (AvgIpc) is 3.47. The molecule has 0 radical (unpaired) electrons. The average molecular weight is 443 g/mol. The van der Waals surface area contributed by atoms with E-state index in [1.165, 1.54) is 18.2 Å². The van der Waals surface area contributed by atoms with Crippen LogP contribution in [0.3, 0.4) is 0 Å². The number of carbonyl (C=O) groups excluding carboxylic acids is 4. The fourth-order valence-electron chi connectivity index (χ4n) is 4.15. The van der Waals surface area contributed by atoms with Crippen LogP contribution in [0.25, 0.3) is 0 Å². The first-order valence-corrected chi connectivity index (χ1v) is 10.1. The lowest BCUT2D eigenvalue weighted by Gasteiger charge is -2.30. The molecule has 0 spiro atoms. The molecule has 0 N–H and O–H groups in total. The quantitative estimate of drug-likeness (QED) is 0.358. The van der Waals surface area contributed by atoms with Crippen molar-refractivity contribution in [1.82, 2.24) is 0 Å². The molecular formula is C24H29NO7. The Morgan fingerprint density at radius 1 is 1.03 bits per heavy atom. The molecule has 1 fully saturated rings. The van der Waals surface area contributed by atoms with Crippen molar-refractivity contribution in [2.24, 2.45) is 16.2 Å². The first-order chi connectivity index (χ1) is 14.7. The van der Waals surface area contributed by atoms with Gasteiger partial charge in [0.2, 0.25) is 0 Å². The van der Waals surface area contributed by atoms with Crippen LogP contribution in [0.4, 0.5) is 0 Å². The second-order valence-electron chi connectivity index (χ2n) is 9.70. The van der Waals surface area contributed by atoms with E-state index in [1.807, 2.05) is 6.07 Å². The van der Waals surface area contributed by atoms with E-state index in [0.29, 0.717) is 5.56 Å². The Hall–Kier alpha value is -3.21. The molecule has 1 aromatic rings. The molecule has 1 aliphatic rings. The number of Topliss-reactive ketones (excluding diaryl/α,β-unsaturated/α-hetero) is 1. The van der Waals surface area contributed by atoms with Gasteiger partial charge in [-0.15, -0.1) is 0 Å². The zero-order valence-corrected chi connectivity index (χ0v) is 19.5. The third-order valence-electron chi connectivity index (χ3n) is 5.84. The van der Waals surface area contributed by atoms with Crippen molar-refractivity contribution in [2.75, 3.05) is 20.8 Å². The van der Waals surface area contributed by atoms with Crippen LogP contribution >= 0.6 is 0 Å². The fraction of sp³-hybridized carbons (Fsp3) is 0.542. The van der Waals surface area contributed by atoms with Gasteiger partial charge < -0.3 is 14.2 Å². The monoisotopic (exact) mass is 443 g/mol. The second-order valence-corrected chi connectivity index (χ2v) is 9.70. The summed E-state index contributed by atoms with van der Waals surface area (Å²) in [6.45, 7) is 8.70. The van der Waals surface area contributed by atoms with E-state index < -0.39 is 39.6 Å². The molecule has 0 aromatic heterocycles. The van der Waals surface area contributed by atoms with E-state index in [2.05, 4.69) is 0 Å². The van der Waals surface area contributed by atoms with Gasteiger partial charge in [0.25, 0.3) is 0 Å². The maximum Gasteiger partial charge on any atom is 0.338 e. The maximum absolute atomic E-state index is 12.7. The van der Waals surface area contributed by atoms with Crippen LogP contribution < -0.4 is 0 Å². The number of benzene rings is 1. The Morgan fingerprint density at radius 2 is 1.59 bits per heavy atom. The number of nitriles is 1. The highest BCUT2D eigenvalue weighted by Crippen LogP contribution is 2.65. The van der Waals surface area contributed by atoms with Crippen molar-refractivity contribution in [2.45, 2.75) is 46.5 Å². The third kappa shape index (κ3) is 3.99. The number of hydrogen-bond donors (Lipinski definition) is 0. The van der Waals surface area contributed by atoms with Gasteiger partial charge in [-0.1, -0.05) is 32.9 Å². The van der Waals surface area contributed by atoms with Crippen molar-refractivity contribution >= 4 is 23.7 Å². The van der Waals surface area contributed by atoms with Crippen LogP contribution in [-0.4, -0.2) is 44.5 Å². The molecule has 32 heavy (non-hydrogen) atoms. The van der Waals surface area contributed by atoms with Gasteiger partial charge in [-0.05, 0) is 31.5 Å². The summed E-state index contributed by atoms with van der Waals surface area (Å²) in [5.41, 5.74) is -4.37. The van der Waals surface area contributed by atoms with E-state index in [0.717, 1.165) is 14.2 Å². The van der Waals surface area contributed by atoms with Crippen LogP contribution in [-0.2, 0) is 34.0 Å². The van der Waals surface area contributed by atoms with Gasteiger partial charge in [-0.2, -0.15) is 5.26 Å². The molecule has 1 atom stereocenters. The highest BCUT2D eigenvalue weighted by molar-refractivity contribution is 6.07. The predicted molar refractivity (Wildman–Crippen MR) is 113 cm³/mol. The molecule has 1 unspecified atom stereocenters. The second kappa shape index (κ2) is 8.38. The number of carbonyl (C=O) groups is 4. The van der Waals surface area contributed by atoms with E-state index in [1.54, 1.807) is 40.7 Å². The van der Waals surface area contributed by atoms with Crippen LogP contribution in [0, 0.1) is 27.6 Å². The van der Waals surface area contributed by atoms with E-state index in [9.17, 15) is 24.4 Å². The van der Waals surface area contributed by atoms with E-state index >= 15 is 0 Å². The summed E-state index contributed by atoms with van der Waals surface area (Å²) >= 11 is 0. The minimum Gasteiger partial charge on any atom is -0.468 e. The number of hydrogen-bond acceptors (Lipinski definition) is 8. The Bertz CT molecular complexity index is 980. The fourth-order valence-corrected chi connectivity index (χ4v) is 4.15. The van der Waals surface area contributed by atoms with Crippen molar-refractivity contribution in [3.8, 4) is 6.07 Å². The molecule has 0 heterocycles. The molecule has 8 heteroatoms. The number of ether oxygens (including phenoxy) is 3. The zero-order valence-electron chi connectivity index (χ0n) is 19.5. The van der Waals surface area contributed by atoms with Crippen LogP contribution in [0.2, 0.25) is 0 Å². The Kier molecular flexibility index (Phi) is 6.56. The van der Waals surface area contributed by atoms with Crippen molar-refractivity contribution < 1.29 is 33.4 Å². The van der Waals surface area contributed by atoms with Gasteiger partial charge in [-0.3, -0.25) is 14.4 Å². The summed E-state index contributed by atoms with van der Waals surface area (Å²) in [4.78, 5) is 50.1. The molecular weight excluding hydrogens is 414 g/mol. The summed E-state index contributed by atoms with van der Waals surface area (Å²) in [6.07, 6.45) is -0.124. The number of esters is 3. The van der Waals surface area contributed by atoms with Crippen LogP contribution in [0.5, 0.6) is 0 Å². The minimum absolute atomic E-state index is 0.0473. The molecule has 1 aliphatic carbocycles. The number of rotatable bonds is 7. The predicted octanol–water partition coefficient (Wildman–Crippen LogP) is 2.98. The molecule has 1 saturated carbocycles. The molecule has 1 aromatic carbocycles. The minimum atomic E-state index is -1.80. The topological polar surface area (TPSA) is 120 Å². The molecule has 0 bridgehead atoms. The van der Waals surface area contributed by atoms with Gasteiger partial charge >= 0.3 is 17.9 Å². The van der Waals surface area contributed by atoms with Crippen LogP contribution in [0.15, 0.2) is 24.3 Å². The summed E-state index contributed by atoms with van der Waals surface area (Å²) < 4.78 is 14.9. The third-order valence-corrected chi connectivity index (χ3v) is 5.84. The molecule has 8 nitrogen and oxygen atoms in total. The summed E-state index contributed by atoms with van der Waals surface area (Å²) in [5, 5.41) is 9.89. The van der Waals surface area contributed by atoms with Crippen molar-refractivity contribution in [1.29, 1.82) is 5.26 Å². The van der Waals surface area contributed by atoms with Gasteiger partial charge in [0.1, 0.15) is 17.8 Å². The van der Waals surface area contributed by atoms with Gasteiger partial charge in [0, 0.05) is 11.8 Å². The Balaban J connectivity index is 2.32. The first-order valence-electron chi connectivity index (χ1n) is 10.1. The van der Waals surface area contributed by atoms with E-state index in [-0.39, 0.29) is 24.4 Å². The summed E-state index contributed by atoms with van der Waals surface area (Å²) in [7, 11) is 2.25. The molecule has 2 rings (SSSR count). The molecule has 0 saturated heterocycles. The lowest BCUT2D eigenvalue weighted by molar-refractivity contribution is -0.162. The highest BCUT2D eigenvalue weighted by Gasteiger charge is 2.80. The molecule has 0 aliphatic heterocycles. The maximum atomic E-state index is 12.7. The van der Waals surface area contributed by atoms with Crippen LogP contribution in [0.1, 0.15) is 57.0 Å². The number of methoxy groups -OCH3 is 2. The lowest BCUT2D eigenvalue weighted by Crippen LogP contribution is -2.38. The molecule has 172 valence electrons. The number of ketones is 1. The standard InChI is InChI=1S/C24H29NO7/c1-21(2,3)18(27)22(4,5)14-32-17(26)15-9-8-10-16(11-15)23(13-25)12-24(23,19(28)30-6)20(29)31-7/h8-11H,12,14H2,1-7H3. The van der Waals surface area contributed by atoms with E-state index in [4.69, 9.17) is 14.2 Å². The Labute approximate surface area is 187 Å². The van der Waals surface area contributed by atoms with Crippen molar-refractivity contribution in [3.05, 3.63) is 35.4 Å². The first kappa shape index (κ1) is 25.1. The summed E-state index contributed by atoms with van der Waals surface area (Å²) in [5.74, 6) is -2.48. The highest BCUT2D eigenvalue weighted by atomic mass is 16.5. The van der Waals surface area contributed by atoms with Gasteiger partial charge in [0.05, 0.1) is 31.3 Å². The smallest absolute Gasteiger partial charge is 0.338 e. The Morgan fingerprint density at radius 3 is 2.06 bits per heavy atom. The largest absolute Gasteiger partial charge is 0.468 e. The SMILES string of the molecule is COC(=O)C1(C(=O)OC)CC1(C#N)c1cccc(C(=O)OCC(C)(C)C(=O)C(C)(C)C)c1. The van der Waals surface area contributed by atoms with Gasteiger partial charge in [-0.25, -0.2) is 4.79 Å².